The smallest absolute Gasteiger partial charge is 0.421 e. The topological polar surface area (TPSA) is 137 Å². The normalized spacial score (nSPS) is 14.2. The number of aromatic nitrogens is 3. The molecule has 15 heteroatoms. The molecule has 0 aliphatic heterocycles. The highest BCUT2D eigenvalue weighted by Gasteiger charge is 2.36. The van der Waals surface area contributed by atoms with Crippen molar-refractivity contribution in [1.82, 2.24) is 20.3 Å². The molecule has 4 rings (SSSR count). The molecule has 1 saturated carbocycles. The Morgan fingerprint density at radius 1 is 1.00 bits per heavy atom. The van der Waals surface area contributed by atoms with Gasteiger partial charge in [0, 0.05) is 24.9 Å². The molecular formula is C30H38F3N6O5P. The number of nitrogens with one attached hydrogen (secondary N) is 3. The molecule has 11 nitrogen and oxygen atoms in total. The van der Waals surface area contributed by atoms with Crippen LogP contribution in [-0.4, -0.2) is 48.2 Å². The van der Waals surface area contributed by atoms with Gasteiger partial charge in [-0.1, -0.05) is 25.3 Å². The molecular weight excluding hydrogens is 612 g/mol. The fourth-order valence-corrected chi connectivity index (χ4v) is 6.86. The summed E-state index contributed by atoms with van der Waals surface area (Å²) in [5.74, 6) is -0.793. The van der Waals surface area contributed by atoms with E-state index in [0.717, 1.165) is 37.8 Å². The van der Waals surface area contributed by atoms with Crippen molar-refractivity contribution in [3.63, 3.8) is 0 Å². The van der Waals surface area contributed by atoms with E-state index in [2.05, 4.69) is 30.9 Å². The van der Waals surface area contributed by atoms with E-state index in [0.29, 0.717) is 23.2 Å². The van der Waals surface area contributed by atoms with E-state index in [9.17, 15) is 22.5 Å². The summed E-state index contributed by atoms with van der Waals surface area (Å²) in [6.07, 6.45) is 0.995. The van der Waals surface area contributed by atoms with Crippen LogP contribution in [0.1, 0.15) is 79.2 Å². The molecule has 0 unspecified atom stereocenters. The second kappa shape index (κ2) is 15.0. The van der Waals surface area contributed by atoms with Crippen LogP contribution in [0.5, 0.6) is 5.75 Å². The SMILES string of the molecule is CCOP(=O)(Cc1ccc(Nc2ncc(C(F)(F)F)c(Nc3ccc(C4CCCCC4)nc3C(=O)NC)n2)c(OC)c1)OCC. The Morgan fingerprint density at radius 3 is 2.31 bits per heavy atom. The fraction of sp³-hybridized carbons (Fsp3) is 0.467. The third-order valence-electron chi connectivity index (χ3n) is 7.27. The monoisotopic (exact) mass is 650 g/mol. The molecule has 3 N–H and O–H groups in total. The predicted molar refractivity (Wildman–Crippen MR) is 165 cm³/mol. The van der Waals surface area contributed by atoms with E-state index in [1.165, 1.54) is 14.2 Å². The summed E-state index contributed by atoms with van der Waals surface area (Å²) in [6, 6.07) is 8.17. The van der Waals surface area contributed by atoms with E-state index in [4.69, 9.17) is 13.8 Å². The molecule has 1 aromatic carbocycles. The summed E-state index contributed by atoms with van der Waals surface area (Å²) in [5.41, 5.74) is 0.587. The van der Waals surface area contributed by atoms with Crippen LogP contribution >= 0.6 is 7.60 Å². The minimum atomic E-state index is -4.79. The van der Waals surface area contributed by atoms with Crippen molar-refractivity contribution in [2.45, 2.75) is 64.2 Å². The van der Waals surface area contributed by atoms with Gasteiger partial charge in [0.2, 0.25) is 5.95 Å². The first-order valence-electron chi connectivity index (χ1n) is 14.8. The van der Waals surface area contributed by atoms with E-state index < -0.39 is 31.1 Å². The van der Waals surface area contributed by atoms with Crippen LogP contribution in [0.2, 0.25) is 0 Å². The zero-order chi connectivity index (χ0) is 32.6. The summed E-state index contributed by atoms with van der Waals surface area (Å²) in [5, 5.41) is 8.09. The van der Waals surface area contributed by atoms with Crippen LogP contribution in [0, 0.1) is 0 Å². The molecule has 1 amide bonds. The Bertz CT molecular complexity index is 1520. The molecule has 0 radical (unpaired) electrons. The highest BCUT2D eigenvalue weighted by molar-refractivity contribution is 7.53. The molecule has 0 bridgehead atoms. The van der Waals surface area contributed by atoms with Gasteiger partial charge in [0.05, 0.1) is 37.9 Å². The number of benzene rings is 1. The van der Waals surface area contributed by atoms with E-state index in [1.54, 1.807) is 44.2 Å². The maximum Gasteiger partial charge on any atom is 0.421 e. The van der Waals surface area contributed by atoms with Crippen molar-refractivity contribution in [3.05, 3.63) is 59.0 Å². The summed E-state index contributed by atoms with van der Waals surface area (Å²) >= 11 is 0. The second-order valence-electron chi connectivity index (χ2n) is 10.4. The first kappa shape index (κ1) is 34.1. The van der Waals surface area contributed by atoms with Crippen LogP contribution in [0.3, 0.4) is 0 Å². The molecule has 3 aromatic rings. The Hall–Kier alpha value is -3.74. The van der Waals surface area contributed by atoms with Crippen molar-refractivity contribution < 1.29 is 36.3 Å². The van der Waals surface area contributed by atoms with E-state index in [-0.39, 0.29) is 42.6 Å². The number of nitrogens with zero attached hydrogens (tertiary/aromatic N) is 3. The maximum absolute atomic E-state index is 14.1. The maximum atomic E-state index is 14.1. The molecule has 1 aliphatic rings. The molecule has 1 fully saturated rings. The second-order valence-corrected chi connectivity index (χ2v) is 12.4. The number of amides is 1. The third kappa shape index (κ3) is 8.71. The van der Waals surface area contributed by atoms with Gasteiger partial charge in [-0.3, -0.25) is 9.36 Å². The van der Waals surface area contributed by atoms with Gasteiger partial charge >= 0.3 is 13.8 Å². The van der Waals surface area contributed by atoms with Crippen molar-refractivity contribution >= 4 is 36.6 Å². The lowest BCUT2D eigenvalue weighted by Gasteiger charge is -2.22. The predicted octanol–water partition coefficient (Wildman–Crippen LogP) is 7.56. The number of anilines is 4. The number of hydrogen-bond acceptors (Lipinski definition) is 10. The summed E-state index contributed by atoms with van der Waals surface area (Å²) in [6.45, 7) is 3.85. The van der Waals surface area contributed by atoms with Crippen molar-refractivity contribution in [3.8, 4) is 5.75 Å². The minimum Gasteiger partial charge on any atom is -0.495 e. The Kier molecular flexibility index (Phi) is 11.4. The molecule has 45 heavy (non-hydrogen) atoms. The molecule has 1 aliphatic carbocycles. The summed E-state index contributed by atoms with van der Waals surface area (Å²) in [4.78, 5) is 25.3. The van der Waals surface area contributed by atoms with Gasteiger partial charge in [0.1, 0.15) is 17.1 Å². The molecule has 0 saturated heterocycles. The van der Waals surface area contributed by atoms with Crippen LogP contribution in [0.4, 0.5) is 36.3 Å². The molecule has 2 heterocycles. The van der Waals surface area contributed by atoms with Crippen LogP contribution in [0.25, 0.3) is 0 Å². The van der Waals surface area contributed by atoms with Crippen molar-refractivity contribution in [1.29, 1.82) is 0 Å². The number of ether oxygens (including phenoxy) is 1. The van der Waals surface area contributed by atoms with E-state index >= 15 is 0 Å². The Labute approximate surface area is 260 Å². The average Bonchev–Trinajstić information content (AvgIpc) is 3.01. The number of pyridine rings is 1. The highest BCUT2D eigenvalue weighted by Crippen LogP contribution is 2.51. The average molecular weight is 651 g/mol. The number of hydrogen-bond donors (Lipinski definition) is 3. The molecule has 244 valence electrons. The molecule has 0 spiro atoms. The van der Waals surface area contributed by atoms with Gasteiger partial charge in [-0.05, 0) is 56.5 Å². The number of alkyl halides is 3. The summed E-state index contributed by atoms with van der Waals surface area (Å²) < 4.78 is 71.4. The zero-order valence-corrected chi connectivity index (χ0v) is 26.6. The Morgan fingerprint density at radius 2 is 1.69 bits per heavy atom. The van der Waals surface area contributed by atoms with Crippen molar-refractivity contribution in [2.24, 2.45) is 0 Å². The van der Waals surface area contributed by atoms with Crippen LogP contribution < -0.4 is 20.7 Å². The van der Waals surface area contributed by atoms with Gasteiger partial charge in [-0.2, -0.15) is 18.2 Å². The van der Waals surface area contributed by atoms with Crippen molar-refractivity contribution in [2.75, 3.05) is 38.0 Å². The minimum absolute atomic E-state index is 0.00257. The third-order valence-corrected chi connectivity index (χ3v) is 9.33. The Balaban J connectivity index is 1.66. The quantitative estimate of drug-likeness (QED) is 0.159. The number of rotatable bonds is 13. The van der Waals surface area contributed by atoms with Gasteiger partial charge in [-0.25, -0.2) is 9.97 Å². The highest BCUT2D eigenvalue weighted by atomic mass is 31.2. The van der Waals surface area contributed by atoms with Crippen LogP contribution in [0.15, 0.2) is 36.5 Å². The number of carbonyl (C=O) groups is 1. The van der Waals surface area contributed by atoms with Crippen LogP contribution in [-0.2, 0) is 26.0 Å². The molecule has 0 atom stereocenters. The number of carbonyl (C=O) groups excluding carboxylic acids is 1. The fourth-order valence-electron chi connectivity index (χ4n) is 5.17. The van der Waals surface area contributed by atoms with Gasteiger partial charge in [0.25, 0.3) is 5.91 Å². The first-order chi connectivity index (χ1) is 21.5. The zero-order valence-electron chi connectivity index (χ0n) is 25.7. The van der Waals surface area contributed by atoms with E-state index in [1.807, 2.05) is 0 Å². The van der Waals surface area contributed by atoms with Gasteiger partial charge in [-0.15, -0.1) is 0 Å². The van der Waals surface area contributed by atoms with Gasteiger partial charge in [0.15, 0.2) is 5.69 Å². The lowest BCUT2D eigenvalue weighted by atomic mass is 9.86. The number of halogens is 3. The first-order valence-corrected chi connectivity index (χ1v) is 16.5. The summed E-state index contributed by atoms with van der Waals surface area (Å²) in [7, 11) is -0.542. The molecule has 2 aromatic heterocycles. The lowest BCUT2D eigenvalue weighted by Crippen LogP contribution is -2.22. The largest absolute Gasteiger partial charge is 0.495 e. The standard InChI is InChI=1S/C30H38F3N6O5P/c1-5-43-45(41,44-6-2)18-19-12-13-23(25(16-19)42-4)38-29-35-17-21(30(31,32)33)27(39-29)37-24-15-14-22(20-10-8-7-9-11-20)36-26(24)28(40)34-3/h12-17,20H,5-11,18H2,1-4H3,(H,34,40)(H2,35,37,38,39). The lowest BCUT2D eigenvalue weighted by molar-refractivity contribution is -0.137. The van der Waals surface area contributed by atoms with Gasteiger partial charge < -0.3 is 29.7 Å². The number of methoxy groups -OCH3 is 1.